The number of hydrogen-bond acceptors (Lipinski definition) is 1. The van der Waals surface area contributed by atoms with Gasteiger partial charge in [0.05, 0.1) is 0 Å². The van der Waals surface area contributed by atoms with Crippen molar-refractivity contribution in [2.45, 2.75) is 25.6 Å². The molecule has 0 fully saturated rings. The molecule has 0 saturated heterocycles. The second-order valence-corrected chi connectivity index (χ2v) is 3.92. The maximum absolute atomic E-state index is 12.8. The maximum atomic E-state index is 12.8. The summed E-state index contributed by atoms with van der Waals surface area (Å²) in [4.78, 5) is 0. The molecular weight excluding hydrogens is 239 g/mol. The van der Waals surface area contributed by atoms with E-state index in [1.165, 1.54) is 18.2 Å². The number of alkyl halides is 3. The number of rotatable bonds is 4. The van der Waals surface area contributed by atoms with Gasteiger partial charge in [-0.25, -0.2) is 0 Å². The van der Waals surface area contributed by atoms with Crippen LogP contribution in [0.2, 0.25) is 5.02 Å². The first-order valence-corrected chi connectivity index (χ1v) is 5.38. The molecule has 1 aromatic carbocycles. The van der Waals surface area contributed by atoms with Crippen molar-refractivity contribution in [1.29, 1.82) is 0 Å². The zero-order chi connectivity index (χ0) is 12.2. The van der Waals surface area contributed by atoms with Gasteiger partial charge in [-0.15, -0.1) is 0 Å². The van der Waals surface area contributed by atoms with E-state index < -0.39 is 12.2 Å². The third kappa shape index (κ3) is 3.68. The van der Waals surface area contributed by atoms with Crippen molar-refractivity contribution in [3.8, 4) is 0 Å². The van der Waals surface area contributed by atoms with Crippen molar-refractivity contribution >= 4 is 11.6 Å². The molecule has 0 aliphatic heterocycles. The summed E-state index contributed by atoms with van der Waals surface area (Å²) in [7, 11) is 0. The van der Waals surface area contributed by atoms with Crippen LogP contribution in [-0.4, -0.2) is 12.7 Å². The summed E-state index contributed by atoms with van der Waals surface area (Å²) in [6.07, 6.45) is -3.66. The van der Waals surface area contributed by atoms with Crippen molar-refractivity contribution in [3.63, 3.8) is 0 Å². The lowest BCUT2D eigenvalue weighted by molar-refractivity contribution is -0.157. The highest BCUT2D eigenvalue weighted by atomic mass is 35.5. The fraction of sp³-hybridized carbons (Fsp3) is 0.455. The molecule has 0 saturated carbocycles. The largest absolute Gasteiger partial charge is 0.407 e. The van der Waals surface area contributed by atoms with Crippen LogP contribution >= 0.6 is 11.6 Å². The van der Waals surface area contributed by atoms with Crippen LogP contribution in [-0.2, 0) is 0 Å². The predicted molar refractivity (Wildman–Crippen MR) is 58.5 cm³/mol. The lowest BCUT2D eigenvalue weighted by atomic mass is 10.1. The van der Waals surface area contributed by atoms with Gasteiger partial charge >= 0.3 is 6.18 Å². The van der Waals surface area contributed by atoms with Crippen LogP contribution in [0, 0.1) is 0 Å². The van der Waals surface area contributed by atoms with E-state index in [2.05, 4.69) is 5.32 Å². The Kier molecular flexibility index (Phi) is 4.62. The summed E-state index contributed by atoms with van der Waals surface area (Å²) in [5.74, 6) is 0. The maximum Gasteiger partial charge on any atom is 0.407 e. The summed E-state index contributed by atoms with van der Waals surface area (Å²) in [5.41, 5.74) is 0.147. The van der Waals surface area contributed by atoms with Crippen molar-refractivity contribution in [2.24, 2.45) is 0 Å². The number of hydrogen-bond donors (Lipinski definition) is 1. The Morgan fingerprint density at radius 2 is 2.06 bits per heavy atom. The van der Waals surface area contributed by atoms with Gasteiger partial charge in [0, 0.05) is 5.02 Å². The van der Waals surface area contributed by atoms with Gasteiger partial charge in [0.1, 0.15) is 6.04 Å². The zero-order valence-electron chi connectivity index (χ0n) is 8.81. The summed E-state index contributed by atoms with van der Waals surface area (Å²) in [6, 6.07) is 4.18. The van der Waals surface area contributed by atoms with Gasteiger partial charge in [0.15, 0.2) is 0 Å². The Morgan fingerprint density at radius 3 is 2.56 bits per heavy atom. The van der Waals surface area contributed by atoms with E-state index in [0.717, 1.165) is 0 Å². The molecule has 1 aromatic rings. The lowest BCUT2D eigenvalue weighted by Crippen LogP contribution is -2.34. The molecule has 0 radical (unpaired) electrons. The van der Waals surface area contributed by atoms with E-state index >= 15 is 0 Å². The molecule has 0 bridgehead atoms. The average molecular weight is 252 g/mol. The molecule has 5 heteroatoms. The van der Waals surface area contributed by atoms with Gasteiger partial charge in [-0.3, -0.25) is 0 Å². The fourth-order valence-electron chi connectivity index (χ4n) is 1.40. The van der Waals surface area contributed by atoms with E-state index in [1.54, 1.807) is 6.07 Å². The summed E-state index contributed by atoms with van der Waals surface area (Å²) in [5, 5.41) is 2.78. The van der Waals surface area contributed by atoms with Crippen molar-refractivity contribution in [1.82, 2.24) is 5.32 Å². The molecule has 1 atom stereocenters. The zero-order valence-corrected chi connectivity index (χ0v) is 9.57. The molecule has 1 N–H and O–H groups in total. The summed E-state index contributed by atoms with van der Waals surface area (Å²) >= 11 is 5.68. The Bertz CT molecular complexity index is 338. The molecular formula is C11H13ClF3N. The lowest BCUT2D eigenvalue weighted by Gasteiger charge is -2.22. The van der Waals surface area contributed by atoms with Crippen LogP contribution in [0.25, 0.3) is 0 Å². The highest BCUT2D eigenvalue weighted by Gasteiger charge is 2.40. The van der Waals surface area contributed by atoms with E-state index in [9.17, 15) is 13.2 Å². The summed E-state index contributed by atoms with van der Waals surface area (Å²) < 4.78 is 38.3. The monoisotopic (exact) mass is 251 g/mol. The Morgan fingerprint density at radius 1 is 1.38 bits per heavy atom. The van der Waals surface area contributed by atoms with Crippen LogP contribution < -0.4 is 5.32 Å². The molecule has 1 rings (SSSR count). The van der Waals surface area contributed by atoms with Crippen LogP contribution in [0.1, 0.15) is 24.9 Å². The van der Waals surface area contributed by atoms with Gasteiger partial charge in [-0.05, 0) is 30.7 Å². The molecule has 0 heterocycles. The predicted octanol–water partition coefficient (Wildman–Crippen LogP) is 3.94. The van der Waals surface area contributed by atoms with E-state index in [-0.39, 0.29) is 5.56 Å². The van der Waals surface area contributed by atoms with Gasteiger partial charge in [-0.1, -0.05) is 30.7 Å². The number of nitrogens with one attached hydrogen (secondary N) is 1. The van der Waals surface area contributed by atoms with Crippen LogP contribution in [0.5, 0.6) is 0 Å². The highest BCUT2D eigenvalue weighted by molar-refractivity contribution is 6.30. The molecule has 16 heavy (non-hydrogen) atoms. The first-order chi connectivity index (χ1) is 7.45. The molecule has 0 aliphatic rings. The second kappa shape index (κ2) is 5.55. The van der Waals surface area contributed by atoms with Gasteiger partial charge in [0.25, 0.3) is 0 Å². The molecule has 0 amide bonds. The topological polar surface area (TPSA) is 12.0 Å². The molecule has 90 valence electrons. The van der Waals surface area contributed by atoms with Gasteiger partial charge < -0.3 is 5.32 Å². The molecule has 0 aromatic heterocycles. The minimum atomic E-state index is -4.31. The number of benzene rings is 1. The fourth-order valence-corrected chi connectivity index (χ4v) is 1.60. The third-order valence-corrected chi connectivity index (χ3v) is 2.34. The van der Waals surface area contributed by atoms with E-state index in [0.29, 0.717) is 18.0 Å². The summed E-state index contributed by atoms with van der Waals surface area (Å²) in [6.45, 7) is 2.13. The normalized spacial score (nSPS) is 13.8. The number of halogens is 4. The average Bonchev–Trinajstić information content (AvgIpc) is 2.16. The van der Waals surface area contributed by atoms with Crippen molar-refractivity contribution in [2.75, 3.05) is 6.54 Å². The standard InChI is InChI=1S/C11H13ClF3N/c1-2-6-16-10(11(13,14)15)8-4-3-5-9(12)7-8/h3-5,7,10,16H,2,6H2,1H3. The molecule has 0 spiro atoms. The first kappa shape index (κ1) is 13.3. The van der Waals surface area contributed by atoms with Crippen molar-refractivity contribution < 1.29 is 13.2 Å². The van der Waals surface area contributed by atoms with E-state index in [1.807, 2.05) is 6.92 Å². The van der Waals surface area contributed by atoms with Crippen LogP contribution in [0.3, 0.4) is 0 Å². The molecule has 0 aliphatic carbocycles. The SMILES string of the molecule is CCCNC(c1cccc(Cl)c1)C(F)(F)F. The Balaban J connectivity index is 2.92. The van der Waals surface area contributed by atoms with Crippen LogP contribution in [0.15, 0.2) is 24.3 Å². The smallest absolute Gasteiger partial charge is 0.302 e. The Labute approximate surface area is 97.6 Å². The quantitative estimate of drug-likeness (QED) is 0.855. The highest BCUT2D eigenvalue weighted by Crippen LogP contribution is 2.33. The minimum Gasteiger partial charge on any atom is -0.302 e. The molecule has 1 nitrogen and oxygen atoms in total. The first-order valence-electron chi connectivity index (χ1n) is 5.00. The van der Waals surface area contributed by atoms with E-state index in [4.69, 9.17) is 11.6 Å². The van der Waals surface area contributed by atoms with Gasteiger partial charge in [-0.2, -0.15) is 13.2 Å². The van der Waals surface area contributed by atoms with Crippen molar-refractivity contribution in [3.05, 3.63) is 34.9 Å². The Hall–Kier alpha value is -0.740. The third-order valence-electron chi connectivity index (χ3n) is 2.11. The minimum absolute atomic E-state index is 0.147. The van der Waals surface area contributed by atoms with Gasteiger partial charge in [0.2, 0.25) is 0 Å². The van der Waals surface area contributed by atoms with Crippen LogP contribution in [0.4, 0.5) is 13.2 Å². The second-order valence-electron chi connectivity index (χ2n) is 3.48. The molecule has 1 unspecified atom stereocenters.